The highest BCUT2D eigenvalue weighted by molar-refractivity contribution is 8.03. The summed E-state index contributed by atoms with van der Waals surface area (Å²) in [6.45, 7) is 2.30. The van der Waals surface area contributed by atoms with Crippen LogP contribution in [0.4, 0.5) is 0 Å². The van der Waals surface area contributed by atoms with E-state index in [1.165, 1.54) is 0 Å². The van der Waals surface area contributed by atoms with Crippen LogP contribution >= 0.6 is 11.8 Å². The van der Waals surface area contributed by atoms with E-state index in [1.807, 2.05) is 18.0 Å². The lowest BCUT2D eigenvalue weighted by Crippen LogP contribution is -2.41. The molecular weight excluding hydrogens is 304 g/mol. The molecule has 0 aromatic rings. The van der Waals surface area contributed by atoms with Crippen LogP contribution in [0.5, 0.6) is 0 Å². The summed E-state index contributed by atoms with van der Waals surface area (Å²) in [6.07, 6.45) is 2.54. The molecule has 2 unspecified atom stereocenters. The van der Waals surface area contributed by atoms with Crippen LogP contribution in [0.15, 0.2) is 11.0 Å². The SMILES string of the molecule is CN1CC2(CC1C(=O)NCC1=CC(C(=N)N)CS1)OCCO2. The number of carbonyl (C=O) groups excluding carboxylic acids is 1. The van der Waals surface area contributed by atoms with E-state index in [-0.39, 0.29) is 23.7 Å². The first kappa shape index (κ1) is 15.8. The molecule has 3 aliphatic heterocycles. The van der Waals surface area contributed by atoms with Crippen LogP contribution in [-0.4, -0.2) is 67.6 Å². The summed E-state index contributed by atoms with van der Waals surface area (Å²) in [5.74, 6) is 0.356. The number of carbonyl (C=O) groups is 1. The van der Waals surface area contributed by atoms with Crippen LogP contribution in [-0.2, 0) is 14.3 Å². The number of hydrogen-bond acceptors (Lipinski definition) is 6. The Morgan fingerprint density at radius 2 is 2.32 bits per heavy atom. The maximum Gasteiger partial charge on any atom is 0.237 e. The van der Waals surface area contributed by atoms with Gasteiger partial charge in [-0.15, -0.1) is 11.8 Å². The fourth-order valence-electron chi connectivity index (χ4n) is 3.10. The molecule has 3 heterocycles. The van der Waals surface area contributed by atoms with Crippen LogP contribution in [0, 0.1) is 11.3 Å². The summed E-state index contributed by atoms with van der Waals surface area (Å²) in [6, 6.07) is -0.228. The van der Waals surface area contributed by atoms with E-state index in [0.717, 1.165) is 10.7 Å². The van der Waals surface area contributed by atoms with Crippen molar-refractivity contribution >= 4 is 23.5 Å². The predicted octanol–water partition coefficient (Wildman–Crippen LogP) is -0.267. The molecule has 0 aromatic carbocycles. The molecule has 1 amide bonds. The van der Waals surface area contributed by atoms with Crippen LogP contribution in [0.3, 0.4) is 0 Å². The lowest BCUT2D eigenvalue weighted by atomic mass is 10.1. The number of nitrogens with zero attached hydrogens (tertiary/aromatic N) is 1. The molecular formula is C14H22N4O3S. The zero-order valence-electron chi connectivity index (χ0n) is 12.6. The highest BCUT2D eigenvalue weighted by atomic mass is 32.2. The zero-order chi connectivity index (χ0) is 15.7. The van der Waals surface area contributed by atoms with Gasteiger partial charge in [-0.25, -0.2) is 0 Å². The molecule has 2 fully saturated rings. The van der Waals surface area contributed by atoms with Crippen molar-refractivity contribution in [2.75, 3.05) is 39.1 Å². The lowest BCUT2D eigenvalue weighted by Gasteiger charge is -2.20. The number of likely N-dealkylation sites (tertiary alicyclic amines) is 1. The van der Waals surface area contributed by atoms with Crippen LogP contribution < -0.4 is 11.1 Å². The summed E-state index contributed by atoms with van der Waals surface area (Å²) >= 11 is 1.65. The number of ether oxygens (including phenoxy) is 2. The van der Waals surface area contributed by atoms with Crippen molar-refractivity contribution in [2.45, 2.75) is 18.2 Å². The van der Waals surface area contributed by atoms with E-state index in [4.69, 9.17) is 20.6 Å². The lowest BCUT2D eigenvalue weighted by molar-refractivity contribution is -0.146. The first-order chi connectivity index (χ1) is 10.5. The third kappa shape index (κ3) is 3.15. The Hall–Kier alpha value is -1.09. The second-order valence-corrected chi connectivity index (χ2v) is 7.11. The molecule has 0 saturated carbocycles. The molecule has 8 heteroatoms. The van der Waals surface area contributed by atoms with Gasteiger partial charge in [0.15, 0.2) is 5.79 Å². The summed E-state index contributed by atoms with van der Waals surface area (Å²) in [4.78, 5) is 15.4. The summed E-state index contributed by atoms with van der Waals surface area (Å²) < 4.78 is 11.3. The first-order valence-corrected chi connectivity index (χ1v) is 8.41. The predicted molar refractivity (Wildman–Crippen MR) is 84.6 cm³/mol. The van der Waals surface area contributed by atoms with Gasteiger partial charge in [0.2, 0.25) is 5.91 Å². The van der Waals surface area contributed by atoms with Gasteiger partial charge in [-0.2, -0.15) is 0 Å². The van der Waals surface area contributed by atoms with Crippen molar-refractivity contribution in [2.24, 2.45) is 11.7 Å². The monoisotopic (exact) mass is 326 g/mol. The van der Waals surface area contributed by atoms with Crippen molar-refractivity contribution in [1.29, 1.82) is 5.41 Å². The van der Waals surface area contributed by atoms with Gasteiger partial charge in [-0.1, -0.05) is 6.08 Å². The Morgan fingerprint density at radius 1 is 1.59 bits per heavy atom. The minimum absolute atomic E-state index is 0.00499. The number of hydrogen-bond donors (Lipinski definition) is 3. The van der Waals surface area contributed by atoms with Gasteiger partial charge in [0, 0.05) is 29.5 Å². The van der Waals surface area contributed by atoms with Gasteiger partial charge >= 0.3 is 0 Å². The Kier molecular flexibility index (Phi) is 4.44. The maximum atomic E-state index is 12.4. The second kappa shape index (κ2) is 6.19. The van der Waals surface area contributed by atoms with Crippen LogP contribution in [0.25, 0.3) is 0 Å². The highest BCUT2D eigenvalue weighted by Crippen LogP contribution is 2.34. The molecule has 0 aromatic heterocycles. The van der Waals surface area contributed by atoms with Crippen molar-refractivity contribution in [3.8, 4) is 0 Å². The Bertz CT molecular complexity index is 504. The van der Waals surface area contributed by atoms with Crippen LogP contribution in [0.1, 0.15) is 6.42 Å². The number of nitrogens with two attached hydrogens (primary N) is 1. The van der Waals surface area contributed by atoms with E-state index in [9.17, 15) is 4.79 Å². The Labute approximate surface area is 134 Å². The standard InChI is InChI=1S/C14H22N4O3S/c1-18-8-14(20-2-3-21-14)5-11(18)13(19)17-6-10-4-9(7-22-10)12(15)16/h4,9,11H,2-3,5-8H2,1H3,(H3,15,16)(H,17,19). The summed E-state index contributed by atoms with van der Waals surface area (Å²) in [5, 5.41) is 10.4. The number of amides is 1. The Balaban J connectivity index is 1.52. The van der Waals surface area contributed by atoms with E-state index < -0.39 is 5.79 Å². The van der Waals surface area contributed by atoms with Gasteiger partial charge in [-0.3, -0.25) is 15.1 Å². The number of rotatable bonds is 4. The normalized spacial score (nSPS) is 30.7. The number of amidine groups is 1. The highest BCUT2D eigenvalue weighted by Gasteiger charge is 2.49. The minimum atomic E-state index is -0.599. The van der Waals surface area contributed by atoms with Gasteiger partial charge in [0.05, 0.1) is 31.6 Å². The molecule has 3 rings (SSSR count). The quantitative estimate of drug-likeness (QED) is 0.486. The third-order valence-corrected chi connectivity index (χ3v) is 5.49. The molecule has 0 bridgehead atoms. The Morgan fingerprint density at radius 3 is 2.95 bits per heavy atom. The van der Waals surface area contributed by atoms with E-state index in [0.29, 0.717) is 32.7 Å². The van der Waals surface area contributed by atoms with Gasteiger partial charge in [0.25, 0.3) is 0 Å². The number of likely N-dealkylation sites (N-methyl/N-ethyl adjacent to an activating group) is 1. The van der Waals surface area contributed by atoms with Gasteiger partial charge in [0.1, 0.15) is 0 Å². The first-order valence-electron chi connectivity index (χ1n) is 7.42. The van der Waals surface area contributed by atoms with Gasteiger partial charge < -0.3 is 20.5 Å². The largest absolute Gasteiger partial charge is 0.387 e. The van der Waals surface area contributed by atoms with Crippen molar-refractivity contribution in [3.05, 3.63) is 11.0 Å². The van der Waals surface area contributed by atoms with Gasteiger partial charge in [-0.05, 0) is 7.05 Å². The van der Waals surface area contributed by atoms with Crippen molar-refractivity contribution < 1.29 is 14.3 Å². The maximum absolute atomic E-state index is 12.4. The molecule has 3 aliphatic rings. The average molecular weight is 326 g/mol. The van der Waals surface area contributed by atoms with Crippen LogP contribution in [0.2, 0.25) is 0 Å². The molecule has 7 nitrogen and oxygen atoms in total. The molecule has 0 aliphatic carbocycles. The number of nitrogens with one attached hydrogen (secondary N) is 2. The molecule has 1 spiro atoms. The van der Waals surface area contributed by atoms with E-state index in [2.05, 4.69) is 5.32 Å². The molecule has 2 atom stereocenters. The third-order valence-electron chi connectivity index (χ3n) is 4.31. The fraction of sp³-hybridized carbons (Fsp3) is 0.714. The summed E-state index contributed by atoms with van der Waals surface area (Å²) in [5.41, 5.74) is 5.50. The topological polar surface area (TPSA) is 101 Å². The molecule has 22 heavy (non-hydrogen) atoms. The average Bonchev–Trinajstić information content (AvgIpc) is 3.18. The zero-order valence-corrected chi connectivity index (χ0v) is 13.4. The van der Waals surface area contributed by atoms with Crippen molar-refractivity contribution in [1.82, 2.24) is 10.2 Å². The summed E-state index contributed by atoms with van der Waals surface area (Å²) in [7, 11) is 1.92. The second-order valence-electron chi connectivity index (χ2n) is 5.97. The molecule has 4 N–H and O–H groups in total. The van der Waals surface area contributed by atoms with Crippen molar-refractivity contribution in [3.63, 3.8) is 0 Å². The fourth-order valence-corrected chi connectivity index (χ4v) is 4.21. The van der Waals surface area contributed by atoms with E-state index in [1.54, 1.807) is 11.8 Å². The molecule has 2 saturated heterocycles. The van der Waals surface area contributed by atoms with E-state index >= 15 is 0 Å². The smallest absolute Gasteiger partial charge is 0.237 e. The molecule has 0 radical (unpaired) electrons. The molecule has 122 valence electrons. The number of thioether (sulfide) groups is 1. The minimum Gasteiger partial charge on any atom is -0.387 e.